The van der Waals surface area contributed by atoms with E-state index in [1.54, 1.807) is 39.0 Å². The largest absolute Gasteiger partial charge is 0.494 e. The molecule has 2 N–H and O–H groups in total. The first-order valence-electron chi connectivity index (χ1n) is 17.6. The van der Waals surface area contributed by atoms with Crippen LogP contribution in [0.4, 0.5) is 33.2 Å². The lowest BCUT2D eigenvalue weighted by molar-refractivity contribution is 0.0520. The molecule has 2 saturated heterocycles. The topological polar surface area (TPSA) is 126 Å². The van der Waals surface area contributed by atoms with Gasteiger partial charge in [0.2, 0.25) is 5.95 Å². The Morgan fingerprint density at radius 1 is 1.00 bits per heavy atom. The van der Waals surface area contributed by atoms with Crippen molar-refractivity contribution in [2.75, 3.05) is 68.8 Å². The van der Waals surface area contributed by atoms with Crippen LogP contribution in [-0.2, 0) is 11.6 Å². The van der Waals surface area contributed by atoms with E-state index in [0.717, 1.165) is 68.7 Å². The fraction of sp³-hybridized carbons (Fsp3) is 0.432. The van der Waals surface area contributed by atoms with Crippen LogP contribution in [0.5, 0.6) is 5.75 Å². The molecule has 0 bridgehead atoms. The summed E-state index contributed by atoms with van der Waals surface area (Å²) in [7, 11) is 0.803. The summed E-state index contributed by atoms with van der Waals surface area (Å²) in [6.45, 7) is 8.93. The van der Waals surface area contributed by atoms with Crippen LogP contribution < -0.4 is 25.6 Å². The Hall–Kier alpha value is -4.13. The third-order valence-electron chi connectivity index (χ3n) is 10.6. The van der Waals surface area contributed by atoms with Crippen molar-refractivity contribution in [2.45, 2.75) is 38.6 Å². The Labute approximate surface area is 312 Å². The number of aromatic nitrogens is 6. The lowest BCUT2D eigenvalue weighted by atomic mass is 9.71. The standard InChI is InChI=1S/C37H45BrFN10O2P/c1-24(20-39)48-14-8-37(9-15-48)10-16-49(17-11-37)31-19-32(51-3)30(18-26(31)25-21-43-47(2)23-25)45-36-42-22-27(38)35(46-36)44-29-7-6-28-33(41-13-12-40-28)34(29)52(4,5)50/h6-7,12-13,18-19,21-24H,8-11,14-17,20H2,1-5H3,(H2,42,44,45,46). The molecular weight excluding hydrogens is 746 g/mol. The second-order valence-electron chi connectivity index (χ2n) is 14.4. The Kier molecular flexibility index (Phi) is 10.3. The predicted octanol–water partition coefficient (Wildman–Crippen LogP) is 7.37. The number of ether oxygens (including phenoxy) is 1. The number of likely N-dealkylation sites (tertiary alicyclic amines) is 1. The van der Waals surface area contributed by atoms with Crippen LogP contribution in [0, 0.1) is 5.41 Å². The molecule has 1 atom stereocenters. The van der Waals surface area contributed by atoms with Crippen molar-refractivity contribution in [2.24, 2.45) is 12.5 Å². The molecule has 5 heterocycles. The molecule has 0 aliphatic carbocycles. The van der Waals surface area contributed by atoms with Crippen molar-refractivity contribution in [3.8, 4) is 16.9 Å². The molecule has 2 aliphatic heterocycles. The lowest BCUT2D eigenvalue weighted by Crippen LogP contribution is -2.49. The number of nitrogens with one attached hydrogen (secondary N) is 2. The molecule has 15 heteroatoms. The number of fused-ring (bicyclic) bond motifs is 1. The van der Waals surface area contributed by atoms with E-state index in [4.69, 9.17) is 9.72 Å². The minimum Gasteiger partial charge on any atom is -0.494 e. The highest BCUT2D eigenvalue weighted by Gasteiger charge is 2.39. The van der Waals surface area contributed by atoms with Gasteiger partial charge >= 0.3 is 0 Å². The van der Waals surface area contributed by atoms with Crippen molar-refractivity contribution in [1.29, 1.82) is 0 Å². The fourth-order valence-electron chi connectivity index (χ4n) is 7.58. The minimum absolute atomic E-state index is 0.00469. The van der Waals surface area contributed by atoms with Gasteiger partial charge in [0.25, 0.3) is 0 Å². The van der Waals surface area contributed by atoms with Crippen LogP contribution >= 0.6 is 23.1 Å². The summed E-state index contributed by atoms with van der Waals surface area (Å²) >= 11 is 3.59. The highest BCUT2D eigenvalue weighted by molar-refractivity contribution is 9.10. The molecule has 274 valence electrons. The lowest BCUT2D eigenvalue weighted by Gasteiger charge is -2.48. The zero-order chi connectivity index (χ0) is 36.6. The Balaban J connectivity index is 1.17. The van der Waals surface area contributed by atoms with Crippen LogP contribution in [0.25, 0.3) is 22.2 Å². The Morgan fingerprint density at radius 2 is 1.73 bits per heavy atom. The third-order valence-corrected chi connectivity index (χ3v) is 12.7. The number of rotatable bonds is 10. The van der Waals surface area contributed by atoms with E-state index in [1.807, 2.05) is 43.2 Å². The summed E-state index contributed by atoms with van der Waals surface area (Å²) < 4.78 is 35.3. The SMILES string of the molecule is COc1cc(N2CCC3(CC2)CCN(C(C)CF)CC3)c(-c2cnn(C)c2)cc1Nc1ncc(Br)c(Nc2ccc3nccnc3c2P(C)(C)=O)n1. The van der Waals surface area contributed by atoms with Crippen molar-refractivity contribution in [3.05, 3.63) is 59.7 Å². The number of hydrogen-bond donors (Lipinski definition) is 2. The third kappa shape index (κ3) is 7.38. The molecule has 52 heavy (non-hydrogen) atoms. The van der Waals surface area contributed by atoms with Crippen LogP contribution in [0.2, 0.25) is 0 Å². The van der Waals surface area contributed by atoms with Crippen LogP contribution in [-0.4, -0.2) is 94.0 Å². The zero-order valence-corrected chi connectivity index (χ0v) is 32.7. The molecule has 12 nitrogen and oxygen atoms in total. The van der Waals surface area contributed by atoms with E-state index >= 15 is 0 Å². The number of piperidine rings is 2. The number of methoxy groups -OCH3 is 1. The summed E-state index contributed by atoms with van der Waals surface area (Å²) in [4.78, 5) is 23.1. The van der Waals surface area contributed by atoms with Gasteiger partial charge in [-0.1, -0.05) is 0 Å². The maximum absolute atomic E-state index is 13.5. The van der Waals surface area contributed by atoms with Crippen molar-refractivity contribution in [1.82, 2.24) is 34.6 Å². The van der Waals surface area contributed by atoms with Crippen LogP contribution in [0.15, 0.2) is 59.7 Å². The molecule has 2 fully saturated rings. The first-order valence-corrected chi connectivity index (χ1v) is 21.0. The fourth-order valence-corrected chi connectivity index (χ4v) is 9.26. The second-order valence-corrected chi connectivity index (χ2v) is 18.4. The van der Waals surface area contributed by atoms with Gasteiger partial charge < -0.3 is 24.8 Å². The molecule has 5 aromatic rings. The first kappa shape index (κ1) is 36.2. The number of halogens is 2. The monoisotopic (exact) mass is 790 g/mol. The number of nitrogens with zero attached hydrogens (tertiary/aromatic N) is 8. The predicted molar refractivity (Wildman–Crippen MR) is 210 cm³/mol. The molecule has 0 amide bonds. The molecule has 7 rings (SSSR count). The number of aryl methyl sites for hydroxylation is 1. The maximum Gasteiger partial charge on any atom is 0.229 e. The van der Waals surface area contributed by atoms with E-state index in [-0.39, 0.29) is 12.7 Å². The van der Waals surface area contributed by atoms with Crippen molar-refractivity contribution < 1.29 is 13.7 Å². The molecule has 1 unspecified atom stereocenters. The van der Waals surface area contributed by atoms with Gasteiger partial charge in [-0.05, 0) is 98.6 Å². The molecule has 0 saturated carbocycles. The Bertz CT molecular complexity index is 2120. The average molecular weight is 792 g/mol. The van der Waals surface area contributed by atoms with Gasteiger partial charge in [-0.25, -0.2) is 9.37 Å². The highest BCUT2D eigenvalue weighted by atomic mass is 79.9. The van der Waals surface area contributed by atoms with E-state index in [9.17, 15) is 8.96 Å². The van der Waals surface area contributed by atoms with Gasteiger partial charge in [-0.15, -0.1) is 0 Å². The summed E-state index contributed by atoms with van der Waals surface area (Å²) in [5.41, 5.74) is 6.01. The van der Waals surface area contributed by atoms with Crippen molar-refractivity contribution >= 4 is 68.2 Å². The summed E-state index contributed by atoms with van der Waals surface area (Å²) in [6, 6.07) is 7.87. The number of benzene rings is 2. The van der Waals surface area contributed by atoms with E-state index in [1.165, 1.54) is 0 Å². The van der Waals surface area contributed by atoms with E-state index < -0.39 is 7.14 Å². The van der Waals surface area contributed by atoms with Gasteiger partial charge in [0.15, 0.2) is 0 Å². The number of hydrogen-bond acceptors (Lipinski definition) is 11. The van der Waals surface area contributed by atoms with Gasteiger partial charge in [0.05, 0.1) is 40.0 Å². The molecule has 2 aliphatic rings. The van der Waals surface area contributed by atoms with Crippen LogP contribution in [0.3, 0.4) is 0 Å². The van der Waals surface area contributed by atoms with Gasteiger partial charge in [0.1, 0.15) is 30.9 Å². The van der Waals surface area contributed by atoms with E-state index in [2.05, 4.69) is 68.5 Å². The molecular formula is C37H45BrFN10O2P. The van der Waals surface area contributed by atoms with Gasteiger partial charge in [0, 0.05) is 73.8 Å². The normalized spacial score (nSPS) is 17.0. The average Bonchev–Trinajstić information content (AvgIpc) is 3.58. The summed E-state index contributed by atoms with van der Waals surface area (Å²) in [5, 5.41) is 11.9. The number of alkyl halides is 1. The molecule has 0 radical (unpaired) electrons. The maximum atomic E-state index is 13.5. The second kappa shape index (κ2) is 14.7. The first-order chi connectivity index (χ1) is 25.0. The van der Waals surface area contributed by atoms with Crippen molar-refractivity contribution in [3.63, 3.8) is 0 Å². The molecule has 3 aromatic heterocycles. The molecule has 1 spiro atoms. The minimum atomic E-state index is -2.78. The quantitative estimate of drug-likeness (QED) is 0.138. The summed E-state index contributed by atoms with van der Waals surface area (Å²) in [5.74, 6) is 1.50. The zero-order valence-electron chi connectivity index (χ0n) is 30.2. The number of anilines is 5. The smallest absolute Gasteiger partial charge is 0.229 e. The molecule has 2 aromatic carbocycles. The highest BCUT2D eigenvalue weighted by Crippen LogP contribution is 2.46. The summed E-state index contributed by atoms with van der Waals surface area (Å²) in [6.07, 6.45) is 13.2. The van der Waals surface area contributed by atoms with E-state index in [0.29, 0.717) is 55.1 Å². The van der Waals surface area contributed by atoms with Crippen LogP contribution in [0.1, 0.15) is 32.6 Å². The van der Waals surface area contributed by atoms with Gasteiger partial charge in [-0.3, -0.25) is 19.5 Å². The van der Waals surface area contributed by atoms with Gasteiger partial charge in [-0.2, -0.15) is 10.1 Å². The Morgan fingerprint density at radius 3 is 2.40 bits per heavy atom.